The minimum Gasteiger partial charge on any atom is -0.321 e. The molecule has 8 heteroatoms. The minimum absolute atomic E-state index is 0.0764. The number of rotatable bonds is 2. The van der Waals surface area contributed by atoms with Crippen molar-refractivity contribution in [3.63, 3.8) is 0 Å². The maximum atomic E-state index is 12.7. The van der Waals surface area contributed by atoms with Crippen LogP contribution in [0.15, 0.2) is 41.9 Å². The van der Waals surface area contributed by atoms with E-state index in [2.05, 4.69) is 10.3 Å². The van der Waals surface area contributed by atoms with Gasteiger partial charge in [0.25, 0.3) is 5.91 Å². The molecule has 1 N–H and O–H groups in total. The number of nitrogens with zero attached hydrogens (tertiary/aromatic N) is 1. The first-order valence-corrected chi connectivity index (χ1v) is 7.62. The van der Waals surface area contributed by atoms with E-state index in [1.807, 2.05) is 0 Å². The molecule has 2 aromatic carbocycles. The van der Waals surface area contributed by atoms with Gasteiger partial charge in [-0.2, -0.15) is 13.2 Å². The number of fused-ring (bicyclic) bond motifs is 1. The van der Waals surface area contributed by atoms with Crippen molar-refractivity contribution in [3.8, 4) is 0 Å². The van der Waals surface area contributed by atoms with Gasteiger partial charge in [-0.15, -0.1) is 11.3 Å². The van der Waals surface area contributed by atoms with Crippen LogP contribution in [0.3, 0.4) is 0 Å². The number of carbonyl (C=O) groups is 1. The van der Waals surface area contributed by atoms with E-state index < -0.39 is 17.6 Å². The third-order valence-electron chi connectivity index (χ3n) is 3.13. The van der Waals surface area contributed by atoms with Gasteiger partial charge in [0.1, 0.15) is 5.52 Å². The lowest BCUT2D eigenvalue weighted by Gasteiger charge is -2.10. The molecule has 3 aromatic rings. The molecule has 1 heterocycles. The third-order valence-corrected chi connectivity index (χ3v) is 4.30. The molecule has 3 rings (SSSR count). The van der Waals surface area contributed by atoms with E-state index in [1.165, 1.54) is 23.5 Å². The van der Waals surface area contributed by atoms with Gasteiger partial charge in [-0.3, -0.25) is 4.79 Å². The van der Waals surface area contributed by atoms with Crippen molar-refractivity contribution < 1.29 is 18.0 Å². The van der Waals surface area contributed by atoms with Gasteiger partial charge in [0.05, 0.1) is 26.5 Å². The maximum absolute atomic E-state index is 12.7. The lowest BCUT2D eigenvalue weighted by Crippen LogP contribution is -2.14. The van der Waals surface area contributed by atoms with Gasteiger partial charge in [-0.05, 0) is 30.3 Å². The first-order valence-electron chi connectivity index (χ1n) is 6.36. The standard InChI is InChI=1S/C15H8ClF3N2OS/c16-10-4-5-11(13-12(10)20-7-23-13)21-14(22)8-2-1-3-9(6-8)15(17,18)19/h1-7H,(H,21,22). The van der Waals surface area contributed by atoms with Crippen LogP contribution in [0.2, 0.25) is 5.02 Å². The second kappa shape index (κ2) is 5.82. The zero-order valence-electron chi connectivity index (χ0n) is 11.3. The monoisotopic (exact) mass is 356 g/mol. The molecule has 3 nitrogen and oxygen atoms in total. The molecule has 1 amide bonds. The van der Waals surface area contributed by atoms with Gasteiger partial charge >= 0.3 is 6.18 Å². The largest absolute Gasteiger partial charge is 0.416 e. The number of carbonyl (C=O) groups excluding carboxylic acids is 1. The molecule has 0 unspecified atom stereocenters. The van der Waals surface area contributed by atoms with E-state index >= 15 is 0 Å². The summed E-state index contributed by atoms with van der Waals surface area (Å²) in [4.78, 5) is 16.3. The highest BCUT2D eigenvalue weighted by atomic mass is 35.5. The molecule has 23 heavy (non-hydrogen) atoms. The molecule has 0 aliphatic rings. The van der Waals surface area contributed by atoms with Gasteiger partial charge in [-0.1, -0.05) is 17.7 Å². The van der Waals surface area contributed by atoms with E-state index in [1.54, 1.807) is 17.6 Å². The van der Waals surface area contributed by atoms with Crippen molar-refractivity contribution in [2.45, 2.75) is 6.18 Å². The van der Waals surface area contributed by atoms with E-state index in [-0.39, 0.29) is 5.56 Å². The van der Waals surface area contributed by atoms with Crippen molar-refractivity contribution in [1.82, 2.24) is 4.98 Å². The van der Waals surface area contributed by atoms with Crippen LogP contribution in [0.25, 0.3) is 10.2 Å². The smallest absolute Gasteiger partial charge is 0.321 e. The lowest BCUT2D eigenvalue weighted by molar-refractivity contribution is -0.137. The number of anilines is 1. The second-order valence-electron chi connectivity index (χ2n) is 4.66. The van der Waals surface area contributed by atoms with Gasteiger partial charge in [-0.25, -0.2) is 4.98 Å². The quantitative estimate of drug-likeness (QED) is 0.684. The number of thiazole rings is 1. The Bertz CT molecular complexity index is 892. The molecule has 0 saturated heterocycles. The molecule has 0 bridgehead atoms. The summed E-state index contributed by atoms with van der Waals surface area (Å²) in [5.74, 6) is -0.631. The van der Waals surface area contributed by atoms with Crippen LogP contribution in [0.5, 0.6) is 0 Å². The van der Waals surface area contributed by atoms with Crippen molar-refractivity contribution in [2.24, 2.45) is 0 Å². The number of alkyl halides is 3. The molecule has 0 aliphatic heterocycles. The topological polar surface area (TPSA) is 42.0 Å². The van der Waals surface area contributed by atoms with Crippen molar-refractivity contribution in [3.05, 3.63) is 58.1 Å². The SMILES string of the molecule is O=C(Nc1ccc(Cl)c2ncsc12)c1cccc(C(F)(F)F)c1. The second-order valence-corrected chi connectivity index (χ2v) is 5.92. The molecular formula is C15H8ClF3N2OS. The molecule has 0 aliphatic carbocycles. The average molecular weight is 357 g/mol. The highest BCUT2D eigenvalue weighted by Gasteiger charge is 2.30. The summed E-state index contributed by atoms with van der Waals surface area (Å²) in [7, 11) is 0. The van der Waals surface area contributed by atoms with E-state index in [0.29, 0.717) is 20.9 Å². The number of hydrogen-bond donors (Lipinski definition) is 1. The molecule has 0 radical (unpaired) electrons. The van der Waals surface area contributed by atoms with Crippen LogP contribution in [0.4, 0.5) is 18.9 Å². The maximum Gasteiger partial charge on any atom is 0.416 e. The fourth-order valence-corrected chi connectivity index (χ4v) is 3.09. The Labute approximate surface area is 137 Å². The first-order chi connectivity index (χ1) is 10.9. The molecule has 0 atom stereocenters. The summed E-state index contributed by atoms with van der Waals surface area (Å²) in [6, 6.07) is 7.42. The predicted octanol–water partition coefficient (Wildman–Crippen LogP) is 5.22. The molecular weight excluding hydrogens is 349 g/mol. The summed E-state index contributed by atoms with van der Waals surface area (Å²) in [5, 5.41) is 3.04. The number of amides is 1. The molecule has 118 valence electrons. The number of hydrogen-bond acceptors (Lipinski definition) is 3. The third kappa shape index (κ3) is 3.16. The Balaban J connectivity index is 1.92. The summed E-state index contributed by atoms with van der Waals surface area (Å²) in [6.07, 6.45) is -4.50. The van der Waals surface area contributed by atoms with Gasteiger partial charge < -0.3 is 5.32 Å². The summed E-state index contributed by atoms with van der Waals surface area (Å²) in [5.41, 5.74) is 1.63. The number of aromatic nitrogens is 1. The van der Waals surface area contributed by atoms with E-state index in [9.17, 15) is 18.0 Å². The van der Waals surface area contributed by atoms with Crippen LogP contribution in [-0.2, 0) is 6.18 Å². The minimum atomic E-state index is -4.50. The first kappa shape index (κ1) is 15.8. The number of halogens is 4. The van der Waals surface area contributed by atoms with Crippen LogP contribution < -0.4 is 5.32 Å². The Morgan fingerprint density at radius 2 is 2.00 bits per heavy atom. The average Bonchev–Trinajstić information content (AvgIpc) is 3.00. The van der Waals surface area contributed by atoms with Crippen molar-refractivity contribution >= 4 is 44.7 Å². The summed E-state index contributed by atoms with van der Waals surface area (Å²) >= 11 is 7.28. The van der Waals surface area contributed by atoms with Gasteiger partial charge in [0.15, 0.2) is 0 Å². The van der Waals surface area contributed by atoms with Crippen LogP contribution in [0, 0.1) is 0 Å². The van der Waals surface area contributed by atoms with Crippen molar-refractivity contribution in [2.75, 3.05) is 5.32 Å². The molecule has 0 saturated carbocycles. The van der Waals surface area contributed by atoms with Crippen LogP contribution in [-0.4, -0.2) is 10.9 Å². The Morgan fingerprint density at radius 1 is 1.22 bits per heavy atom. The highest BCUT2D eigenvalue weighted by molar-refractivity contribution is 7.17. The van der Waals surface area contributed by atoms with Gasteiger partial charge in [0, 0.05) is 5.56 Å². The zero-order valence-corrected chi connectivity index (χ0v) is 12.9. The fourth-order valence-electron chi connectivity index (χ4n) is 2.05. The summed E-state index contributed by atoms with van der Waals surface area (Å²) < 4.78 is 38.8. The lowest BCUT2D eigenvalue weighted by atomic mass is 10.1. The highest BCUT2D eigenvalue weighted by Crippen LogP contribution is 2.33. The Hall–Kier alpha value is -2.12. The molecule has 0 fully saturated rings. The summed E-state index contributed by atoms with van der Waals surface area (Å²) in [6.45, 7) is 0. The molecule has 1 aromatic heterocycles. The number of benzene rings is 2. The van der Waals surface area contributed by atoms with Crippen molar-refractivity contribution in [1.29, 1.82) is 0 Å². The van der Waals surface area contributed by atoms with Crippen LogP contribution in [0.1, 0.15) is 15.9 Å². The Morgan fingerprint density at radius 3 is 2.74 bits per heavy atom. The normalized spacial score (nSPS) is 11.7. The number of nitrogens with one attached hydrogen (secondary N) is 1. The van der Waals surface area contributed by atoms with E-state index in [4.69, 9.17) is 11.6 Å². The Kier molecular flexibility index (Phi) is 3.99. The van der Waals surface area contributed by atoms with Crippen LogP contribution >= 0.6 is 22.9 Å². The predicted molar refractivity (Wildman–Crippen MR) is 84.0 cm³/mol. The zero-order chi connectivity index (χ0) is 16.6. The fraction of sp³-hybridized carbons (Fsp3) is 0.0667. The van der Waals surface area contributed by atoms with Gasteiger partial charge in [0.2, 0.25) is 0 Å². The van der Waals surface area contributed by atoms with E-state index in [0.717, 1.165) is 12.1 Å². The molecule has 0 spiro atoms.